The fourth-order valence-corrected chi connectivity index (χ4v) is 12.0. The minimum absolute atomic E-state index is 0.0748. The summed E-state index contributed by atoms with van der Waals surface area (Å²) in [7, 11) is 5.79. The number of aliphatic hydroxyl groups is 2. The van der Waals surface area contributed by atoms with Gasteiger partial charge in [-0.2, -0.15) is 0 Å². The number of pyridine rings is 2. The van der Waals surface area contributed by atoms with Crippen LogP contribution in [0.3, 0.4) is 0 Å². The monoisotopic (exact) mass is 1200 g/mol. The van der Waals surface area contributed by atoms with Crippen molar-refractivity contribution in [2.24, 2.45) is 11.5 Å². The summed E-state index contributed by atoms with van der Waals surface area (Å²) in [5, 5.41) is 32.7. The molecule has 88 heavy (non-hydrogen) atoms. The standard InChI is InChI=1S/C65H75N13O10/c1-7-48-46(31-41-23-15-17-25-50(41)68-48)60(83)72(3)52(64(87)77-37-44(79)34-56(77)62(85)73(4)53(58(66)81)29-39-19-11-9-12-20-39)27-28-76-36-43(70-71-76)33-55(75(6)61(84)47-32-42-24-16-18-26-51(42)69-49(47)8-2)65(88)78-38-45(80)35-57(78)63(86)74(5)54(59(67)82)30-40-21-13-10-14-22-40/h9-26,31-32,36,44-45,52-57,79-80H,7-8,27-30,33-35,37-38H2,1-6H3,(H2,66,81)(H2,67,82)/t44-,45-,52+,53+,54+,55+,56+,57+/m1/s1. The first-order chi connectivity index (χ1) is 42.2. The topological polar surface area (TPSA) is 305 Å². The summed E-state index contributed by atoms with van der Waals surface area (Å²) >= 11 is 0. The molecule has 0 bridgehead atoms. The number of para-hydroxylation sites is 2. The number of carbonyl (C=O) groups excluding carboxylic acids is 8. The smallest absolute Gasteiger partial charge is 0.256 e. The van der Waals surface area contributed by atoms with Gasteiger partial charge in [0.1, 0.15) is 36.3 Å². The second kappa shape index (κ2) is 27.5. The van der Waals surface area contributed by atoms with Crippen molar-refractivity contribution in [2.45, 2.75) is 120 Å². The average molecular weight is 1200 g/mol. The Balaban J connectivity index is 1.03. The molecule has 0 unspecified atom stereocenters. The molecule has 460 valence electrons. The second-order valence-electron chi connectivity index (χ2n) is 22.8. The molecule has 7 aromatic rings. The number of fused-ring (bicyclic) bond motifs is 2. The summed E-state index contributed by atoms with van der Waals surface area (Å²) in [6.07, 6.45) is -0.526. The van der Waals surface area contributed by atoms with E-state index in [0.29, 0.717) is 46.0 Å². The first-order valence-corrected chi connectivity index (χ1v) is 29.5. The minimum Gasteiger partial charge on any atom is -0.391 e. The molecule has 9 rings (SSSR count). The molecule has 23 nitrogen and oxygen atoms in total. The van der Waals surface area contributed by atoms with Crippen LogP contribution in [0.5, 0.6) is 0 Å². The van der Waals surface area contributed by atoms with E-state index in [4.69, 9.17) is 21.4 Å². The number of hydrogen-bond donors (Lipinski definition) is 4. The van der Waals surface area contributed by atoms with Gasteiger partial charge in [0, 0.05) is 96.9 Å². The van der Waals surface area contributed by atoms with Crippen LogP contribution in [0.4, 0.5) is 0 Å². The number of likely N-dealkylation sites (tertiary alicyclic amines) is 2. The van der Waals surface area contributed by atoms with Gasteiger partial charge >= 0.3 is 0 Å². The lowest BCUT2D eigenvalue weighted by atomic mass is 10.0. The van der Waals surface area contributed by atoms with E-state index in [-0.39, 0.29) is 75.0 Å². The number of aliphatic hydroxyl groups excluding tert-OH is 2. The lowest BCUT2D eigenvalue weighted by Gasteiger charge is -2.35. The number of carbonyl (C=O) groups is 8. The highest BCUT2D eigenvalue weighted by Gasteiger charge is 2.47. The summed E-state index contributed by atoms with van der Waals surface area (Å²) in [6, 6.07) is 28.7. The third-order valence-electron chi connectivity index (χ3n) is 17.0. The third-order valence-corrected chi connectivity index (χ3v) is 17.0. The van der Waals surface area contributed by atoms with Gasteiger partial charge in [0.25, 0.3) is 11.8 Å². The van der Waals surface area contributed by atoms with Gasteiger partial charge in [0.05, 0.1) is 51.5 Å². The van der Waals surface area contributed by atoms with Crippen LogP contribution in [0.2, 0.25) is 0 Å². The summed E-state index contributed by atoms with van der Waals surface area (Å²) < 4.78 is 1.42. The van der Waals surface area contributed by atoms with Crippen LogP contribution in [0.1, 0.15) is 82.0 Å². The molecule has 8 amide bonds. The molecule has 23 heteroatoms. The van der Waals surface area contributed by atoms with Gasteiger partial charge in [-0.25, -0.2) is 0 Å². The van der Waals surface area contributed by atoms with E-state index in [1.165, 1.54) is 68.5 Å². The van der Waals surface area contributed by atoms with Crippen LogP contribution in [0.15, 0.2) is 128 Å². The molecule has 4 aromatic carbocycles. The molecule has 8 atom stereocenters. The number of benzene rings is 4. The van der Waals surface area contributed by atoms with Gasteiger partial charge in [-0.15, -0.1) is 5.10 Å². The maximum absolute atomic E-state index is 15.4. The number of aromatic nitrogens is 5. The van der Waals surface area contributed by atoms with Crippen molar-refractivity contribution >= 4 is 69.1 Å². The highest BCUT2D eigenvalue weighted by molar-refractivity contribution is 6.03. The Labute approximate surface area is 509 Å². The van der Waals surface area contributed by atoms with E-state index >= 15 is 9.59 Å². The Morgan fingerprint density at radius 2 is 0.955 bits per heavy atom. The van der Waals surface area contributed by atoms with Crippen LogP contribution in [0, 0.1) is 0 Å². The normalized spacial score (nSPS) is 17.9. The van der Waals surface area contributed by atoms with E-state index in [9.17, 15) is 39.0 Å². The number of hydrogen-bond acceptors (Lipinski definition) is 14. The predicted molar refractivity (Wildman–Crippen MR) is 326 cm³/mol. The zero-order valence-electron chi connectivity index (χ0n) is 50.3. The van der Waals surface area contributed by atoms with Crippen molar-refractivity contribution in [3.05, 3.63) is 167 Å². The van der Waals surface area contributed by atoms with E-state index in [2.05, 4.69) is 10.3 Å². The van der Waals surface area contributed by atoms with Gasteiger partial charge < -0.3 is 51.1 Å². The average Bonchev–Trinajstić information content (AvgIpc) is 4.45. The van der Waals surface area contributed by atoms with Gasteiger partial charge in [-0.1, -0.05) is 116 Å². The Morgan fingerprint density at radius 1 is 0.545 bits per heavy atom. The van der Waals surface area contributed by atoms with Gasteiger partial charge in [-0.05, 0) is 54.7 Å². The van der Waals surface area contributed by atoms with Crippen molar-refractivity contribution in [1.82, 2.24) is 54.4 Å². The van der Waals surface area contributed by atoms with E-state index in [1.54, 1.807) is 60.7 Å². The summed E-state index contributed by atoms with van der Waals surface area (Å²) in [5.41, 5.74) is 16.3. The highest BCUT2D eigenvalue weighted by Crippen LogP contribution is 2.29. The first kappa shape index (κ1) is 63.0. The molecule has 0 radical (unpaired) electrons. The molecule has 2 aliphatic heterocycles. The number of rotatable bonds is 23. The first-order valence-electron chi connectivity index (χ1n) is 29.5. The number of nitrogens with two attached hydrogens (primary N) is 2. The van der Waals surface area contributed by atoms with Crippen molar-refractivity contribution in [3.8, 4) is 0 Å². The molecular weight excluding hydrogens is 1120 g/mol. The SMILES string of the molecule is CCc1nc2ccccc2cc1C(=O)N(C)[C@@H](CCn1cc(C[C@@H](C(=O)N2C[C@H](O)C[C@H]2C(=O)N(C)[C@@H](Cc2ccccc2)C(N)=O)N(C)C(=O)c2cc3ccccc3nc2CC)nn1)C(=O)N1C[C@H](O)C[C@H]1C(=O)N(C)[C@@H](Cc1ccccc1)C(N)=O. The molecule has 5 heterocycles. The molecule has 0 spiro atoms. The summed E-state index contributed by atoms with van der Waals surface area (Å²) in [5.74, 6) is -5.29. The zero-order valence-corrected chi connectivity index (χ0v) is 50.3. The van der Waals surface area contributed by atoms with Crippen molar-refractivity contribution in [1.29, 1.82) is 0 Å². The van der Waals surface area contributed by atoms with Crippen LogP contribution in [-0.2, 0) is 67.4 Å². The molecule has 0 aliphatic carbocycles. The maximum Gasteiger partial charge on any atom is 0.256 e. The number of nitrogens with zero attached hydrogens (tertiary/aromatic N) is 11. The summed E-state index contributed by atoms with van der Waals surface area (Å²) in [4.78, 5) is 133. The Morgan fingerprint density at radius 3 is 1.39 bits per heavy atom. The Bertz CT molecular complexity index is 3740. The van der Waals surface area contributed by atoms with Crippen LogP contribution < -0.4 is 11.5 Å². The molecule has 2 saturated heterocycles. The fourth-order valence-electron chi connectivity index (χ4n) is 12.0. The fraction of sp³-hybridized carbons (Fsp3) is 0.385. The Hall–Kier alpha value is -9.48. The van der Waals surface area contributed by atoms with Crippen molar-refractivity contribution in [2.75, 3.05) is 41.3 Å². The second-order valence-corrected chi connectivity index (χ2v) is 22.8. The number of likely N-dealkylation sites (N-methyl/N-ethyl adjacent to an activating group) is 4. The lowest BCUT2D eigenvalue weighted by Crippen LogP contribution is -2.57. The minimum atomic E-state index is -1.38. The van der Waals surface area contributed by atoms with Gasteiger partial charge in [0.15, 0.2) is 0 Å². The molecule has 2 aliphatic rings. The zero-order chi connectivity index (χ0) is 63.1. The van der Waals surface area contributed by atoms with Gasteiger partial charge in [0.2, 0.25) is 35.4 Å². The molecule has 3 aromatic heterocycles. The van der Waals surface area contributed by atoms with Crippen LogP contribution in [0.25, 0.3) is 21.8 Å². The number of amides is 8. The highest BCUT2D eigenvalue weighted by atomic mass is 16.3. The molecule has 0 saturated carbocycles. The number of β-amino-alcohol motifs (C(OH)–C–C–N with tert-alkyl or cyclic N) is 2. The molecule has 6 N–H and O–H groups in total. The lowest BCUT2D eigenvalue weighted by molar-refractivity contribution is -0.148. The van der Waals surface area contributed by atoms with Gasteiger partial charge in [-0.3, -0.25) is 53.0 Å². The third kappa shape index (κ3) is 13.7. The van der Waals surface area contributed by atoms with E-state index in [1.807, 2.05) is 74.5 Å². The molecule has 2 fully saturated rings. The maximum atomic E-state index is 15.4. The van der Waals surface area contributed by atoms with E-state index in [0.717, 1.165) is 11.1 Å². The quantitative estimate of drug-likeness (QED) is 0.0717. The van der Waals surface area contributed by atoms with Crippen molar-refractivity contribution in [3.63, 3.8) is 0 Å². The Kier molecular flexibility index (Phi) is 19.7. The van der Waals surface area contributed by atoms with E-state index < -0.39 is 95.7 Å². The number of aryl methyl sites for hydroxylation is 3. The molecular formula is C65H75N13O10. The number of primary amides is 2. The predicted octanol–water partition coefficient (Wildman–Crippen LogP) is 2.75. The van der Waals surface area contributed by atoms with Crippen LogP contribution in [-0.4, -0.2) is 202 Å². The summed E-state index contributed by atoms with van der Waals surface area (Å²) in [6.45, 7) is 3.11. The van der Waals surface area contributed by atoms with Crippen molar-refractivity contribution < 1.29 is 48.6 Å². The largest absolute Gasteiger partial charge is 0.391 e. The van der Waals surface area contributed by atoms with Crippen LogP contribution >= 0.6 is 0 Å².